The molecule has 1 aliphatic rings. The summed E-state index contributed by atoms with van der Waals surface area (Å²) in [6.45, 7) is 9.88. The quantitative estimate of drug-likeness (QED) is 0.709. The van der Waals surface area contributed by atoms with Crippen LogP contribution in [0, 0.1) is 0 Å². The first-order valence-corrected chi connectivity index (χ1v) is 8.67. The van der Waals surface area contributed by atoms with Gasteiger partial charge in [-0.25, -0.2) is 4.79 Å². The summed E-state index contributed by atoms with van der Waals surface area (Å²) < 4.78 is 5.54. The maximum atomic E-state index is 12.4. The van der Waals surface area contributed by atoms with Crippen molar-refractivity contribution >= 4 is 6.09 Å². The predicted octanol–water partition coefficient (Wildman–Crippen LogP) is 2.92. The molecule has 0 aromatic carbocycles. The standard InChI is InChI=1S/C17H34N2O3/c1-14(18-10-6-8-12-20)13-15-9-5-7-11-19(15)16(21)22-17(2,3)4/h14-15,18,20H,5-13H2,1-4H3. The van der Waals surface area contributed by atoms with E-state index in [9.17, 15) is 4.79 Å². The molecule has 0 bridgehead atoms. The van der Waals surface area contributed by atoms with E-state index in [1.54, 1.807) is 0 Å². The summed E-state index contributed by atoms with van der Waals surface area (Å²) >= 11 is 0. The van der Waals surface area contributed by atoms with Crippen LogP contribution in [0.25, 0.3) is 0 Å². The Hall–Kier alpha value is -0.810. The molecule has 22 heavy (non-hydrogen) atoms. The minimum absolute atomic E-state index is 0.176. The molecule has 2 unspecified atom stereocenters. The first kappa shape index (κ1) is 19.2. The SMILES string of the molecule is CC(CC1CCCCN1C(=O)OC(C)(C)C)NCCCCO. The van der Waals surface area contributed by atoms with E-state index in [2.05, 4.69) is 12.2 Å². The van der Waals surface area contributed by atoms with Gasteiger partial charge in [-0.1, -0.05) is 0 Å². The minimum atomic E-state index is -0.437. The number of carbonyl (C=O) groups excluding carboxylic acids is 1. The average molecular weight is 314 g/mol. The third-order valence-electron chi connectivity index (χ3n) is 3.96. The molecule has 1 fully saturated rings. The topological polar surface area (TPSA) is 61.8 Å². The number of nitrogens with one attached hydrogen (secondary N) is 1. The van der Waals surface area contributed by atoms with E-state index in [0.717, 1.165) is 45.2 Å². The van der Waals surface area contributed by atoms with Gasteiger partial charge in [-0.05, 0) is 72.8 Å². The van der Waals surface area contributed by atoms with Gasteiger partial charge in [0.2, 0.25) is 0 Å². The van der Waals surface area contributed by atoms with Crippen LogP contribution in [0.1, 0.15) is 66.2 Å². The number of hydrogen-bond donors (Lipinski definition) is 2. The Morgan fingerprint density at radius 2 is 2.09 bits per heavy atom. The first-order chi connectivity index (χ1) is 10.3. The van der Waals surface area contributed by atoms with Gasteiger partial charge in [0.05, 0.1) is 0 Å². The molecule has 1 saturated heterocycles. The minimum Gasteiger partial charge on any atom is -0.444 e. The fraction of sp³-hybridized carbons (Fsp3) is 0.941. The molecular formula is C17H34N2O3. The van der Waals surface area contributed by atoms with Crippen molar-refractivity contribution in [3.8, 4) is 0 Å². The Morgan fingerprint density at radius 1 is 1.36 bits per heavy atom. The zero-order valence-electron chi connectivity index (χ0n) is 14.7. The number of aliphatic hydroxyl groups is 1. The molecule has 5 nitrogen and oxygen atoms in total. The lowest BCUT2D eigenvalue weighted by Gasteiger charge is -2.38. The van der Waals surface area contributed by atoms with E-state index in [1.807, 2.05) is 25.7 Å². The second kappa shape index (κ2) is 9.36. The molecule has 0 spiro atoms. The molecule has 5 heteroatoms. The van der Waals surface area contributed by atoms with Gasteiger partial charge < -0.3 is 20.1 Å². The Morgan fingerprint density at radius 3 is 2.73 bits per heavy atom. The van der Waals surface area contributed by atoms with Gasteiger partial charge in [0.25, 0.3) is 0 Å². The maximum absolute atomic E-state index is 12.4. The monoisotopic (exact) mass is 314 g/mol. The summed E-state index contributed by atoms with van der Waals surface area (Å²) in [5.74, 6) is 0. The van der Waals surface area contributed by atoms with Crippen molar-refractivity contribution in [3.63, 3.8) is 0 Å². The summed E-state index contributed by atoms with van der Waals surface area (Å²) in [5, 5.41) is 12.3. The number of nitrogens with zero attached hydrogens (tertiary/aromatic N) is 1. The third kappa shape index (κ3) is 7.45. The molecule has 1 rings (SSSR count). The summed E-state index contributed by atoms with van der Waals surface area (Å²) in [6.07, 6.45) is 5.91. The smallest absolute Gasteiger partial charge is 0.410 e. The van der Waals surface area contributed by atoms with Gasteiger partial charge >= 0.3 is 6.09 Å². The molecule has 130 valence electrons. The summed E-state index contributed by atoms with van der Waals surface area (Å²) in [5.41, 5.74) is -0.437. The first-order valence-electron chi connectivity index (χ1n) is 8.67. The van der Waals surface area contributed by atoms with E-state index in [0.29, 0.717) is 6.04 Å². The molecule has 0 aromatic heterocycles. The van der Waals surface area contributed by atoms with Crippen molar-refractivity contribution in [2.45, 2.75) is 83.9 Å². The number of hydrogen-bond acceptors (Lipinski definition) is 4. The third-order valence-corrected chi connectivity index (χ3v) is 3.96. The molecular weight excluding hydrogens is 280 g/mol. The van der Waals surface area contributed by atoms with E-state index in [1.165, 1.54) is 6.42 Å². The maximum Gasteiger partial charge on any atom is 0.410 e. The molecule has 0 saturated carbocycles. The summed E-state index contributed by atoms with van der Waals surface area (Å²) in [4.78, 5) is 14.3. The van der Waals surface area contributed by atoms with Crippen molar-refractivity contribution in [2.75, 3.05) is 19.7 Å². The van der Waals surface area contributed by atoms with Crippen LogP contribution in [0.15, 0.2) is 0 Å². The van der Waals surface area contributed by atoms with Crippen LogP contribution in [0.5, 0.6) is 0 Å². The molecule has 0 aliphatic carbocycles. The fourth-order valence-electron chi connectivity index (χ4n) is 2.88. The molecule has 0 radical (unpaired) electrons. The van der Waals surface area contributed by atoms with Gasteiger partial charge in [-0.15, -0.1) is 0 Å². The Bertz CT molecular complexity index is 328. The molecule has 0 aromatic rings. The number of piperidine rings is 1. The van der Waals surface area contributed by atoms with Gasteiger partial charge in [0.15, 0.2) is 0 Å². The van der Waals surface area contributed by atoms with Crippen molar-refractivity contribution < 1.29 is 14.6 Å². The van der Waals surface area contributed by atoms with Crippen LogP contribution in [-0.4, -0.2) is 53.5 Å². The highest BCUT2D eigenvalue weighted by Gasteiger charge is 2.31. The van der Waals surface area contributed by atoms with Crippen molar-refractivity contribution in [2.24, 2.45) is 0 Å². The zero-order valence-corrected chi connectivity index (χ0v) is 14.7. The van der Waals surface area contributed by atoms with Crippen LogP contribution < -0.4 is 5.32 Å². The number of rotatable bonds is 7. The highest BCUT2D eigenvalue weighted by Crippen LogP contribution is 2.23. The Labute approximate surface area is 135 Å². The molecule has 2 N–H and O–H groups in total. The fourth-order valence-corrected chi connectivity index (χ4v) is 2.88. The number of aliphatic hydroxyl groups excluding tert-OH is 1. The van der Waals surface area contributed by atoms with Crippen molar-refractivity contribution in [1.29, 1.82) is 0 Å². The van der Waals surface area contributed by atoms with Crippen LogP contribution >= 0.6 is 0 Å². The number of carbonyl (C=O) groups is 1. The van der Waals surface area contributed by atoms with Crippen LogP contribution in [-0.2, 0) is 4.74 Å². The highest BCUT2D eigenvalue weighted by molar-refractivity contribution is 5.68. The van der Waals surface area contributed by atoms with E-state index < -0.39 is 5.60 Å². The van der Waals surface area contributed by atoms with Crippen LogP contribution in [0.3, 0.4) is 0 Å². The molecule has 2 atom stereocenters. The van der Waals surface area contributed by atoms with Crippen LogP contribution in [0.2, 0.25) is 0 Å². The number of unbranched alkanes of at least 4 members (excludes halogenated alkanes) is 1. The van der Waals surface area contributed by atoms with E-state index in [-0.39, 0.29) is 18.7 Å². The molecule has 1 heterocycles. The van der Waals surface area contributed by atoms with Crippen LogP contribution in [0.4, 0.5) is 4.79 Å². The zero-order chi connectivity index (χ0) is 16.6. The second-order valence-electron chi connectivity index (χ2n) is 7.34. The summed E-state index contributed by atoms with van der Waals surface area (Å²) in [6, 6.07) is 0.635. The van der Waals surface area contributed by atoms with Crippen molar-refractivity contribution in [3.05, 3.63) is 0 Å². The molecule has 1 aliphatic heterocycles. The number of amides is 1. The van der Waals surface area contributed by atoms with Gasteiger partial charge in [-0.2, -0.15) is 0 Å². The van der Waals surface area contributed by atoms with Gasteiger partial charge in [0, 0.05) is 25.2 Å². The number of ether oxygens (including phenoxy) is 1. The van der Waals surface area contributed by atoms with Gasteiger partial charge in [-0.3, -0.25) is 0 Å². The van der Waals surface area contributed by atoms with Gasteiger partial charge in [0.1, 0.15) is 5.60 Å². The Kier molecular flexibility index (Phi) is 8.18. The molecule has 1 amide bonds. The lowest BCUT2D eigenvalue weighted by atomic mass is 9.96. The predicted molar refractivity (Wildman–Crippen MR) is 89.0 cm³/mol. The van der Waals surface area contributed by atoms with E-state index in [4.69, 9.17) is 9.84 Å². The Balaban J connectivity index is 2.45. The number of likely N-dealkylation sites (tertiary alicyclic amines) is 1. The largest absolute Gasteiger partial charge is 0.444 e. The average Bonchev–Trinajstić information content (AvgIpc) is 2.42. The lowest BCUT2D eigenvalue weighted by molar-refractivity contribution is 0.00790. The second-order valence-corrected chi connectivity index (χ2v) is 7.34. The normalized spacial score (nSPS) is 20.8. The highest BCUT2D eigenvalue weighted by atomic mass is 16.6. The lowest BCUT2D eigenvalue weighted by Crippen LogP contribution is -2.48. The van der Waals surface area contributed by atoms with Crippen molar-refractivity contribution in [1.82, 2.24) is 10.2 Å². The van der Waals surface area contributed by atoms with E-state index >= 15 is 0 Å². The summed E-state index contributed by atoms with van der Waals surface area (Å²) in [7, 11) is 0.